The Bertz CT molecular complexity index is 484. The minimum absolute atomic E-state index is 0.0198. The van der Waals surface area contributed by atoms with Crippen LogP contribution in [0.15, 0.2) is 11.4 Å². The fourth-order valence-corrected chi connectivity index (χ4v) is 3.81. The molecule has 1 N–H and O–H groups in total. The van der Waals surface area contributed by atoms with Gasteiger partial charge < -0.3 is 14.4 Å². The molecule has 1 unspecified atom stereocenters. The minimum Gasteiger partial charge on any atom is -0.465 e. The van der Waals surface area contributed by atoms with Gasteiger partial charge in [-0.25, -0.2) is 4.98 Å². The molecule has 0 aliphatic heterocycles. The number of aliphatic hydroxyl groups is 1. The lowest BCUT2D eigenvalue weighted by atomic mass is 9.89. The van der Waals surface area contributed by atoms with E-state index >= 15 is 0 Å². The number of rotatable bonds is 7. The van der Waals surface area contributed by atoms with Crippen LogP contribution in [0.4, 0.5) is 0 Å². The number of carbonyl (C=O) groups excluding carboxylic acids is 1. The van der Waals surface area contributed by atoms with Crippen molar-refractivity contribution in [1.29, 1.82) is 0 Å². The Morgan fingerprint density at radius 1 is 1.50 bits per heavy atom. The second-order valence-electron chi connectivity index (χ2n) is 5.82. The lowest BCUT2D eigenvalue weighted by Crippen LogP contribution is -2.20. The second kappa shape index (κ2) is 8.58. The summed E-state index contributed by atoms with van der Waals surface area (Å²) < 4.78 is 7.13. The molecule has 0 spiro atoms. The predicted octanol–water partition coefficient (Wildman–Crippen LogP) is 3.00. The standard InChI is InChI=1S/C16H26N2O3S/c1-3-21-15(20)12(2)22-16-17-9-14(11-19)18(16)10-13-7-5-4-6-8-13/h9,12-13,19H,3-8,10-11H2,1-2H3. The number of esters is 1. The first kappa shape index (κ1) is 17.3. The molecule has 124 valence electrons. The molecule has 1 aromatic heterocycles. The molecule has 0 bridgehead atoms. The van der Waals surface area contributed by atoms with Crippen LogP contribution in [0.2, 0.25) is 0 Å². The number of ether oxygens (including phenoxy) is 1. The summed E-state index contributed by atoms with van der Waals surface area (Å²) in [4.78, 5) is 16.2. The van der Waals surface area contributed by atoms with Crippen LogP contribution in [0, 0.1) is 5.92 Å². The average molecular weight is 326 g/mol. The first-order valence-corrected chi connectivity index (χ1v) is 9.02. The number of thioether (sulfide) groups is 1. The van der Waals surface area contributed by atoms with E-state index in [2.05, 4.69) is 9.55 Å². The molecule has 2 rings (SSSR count). The molecule has 22 heavy (non-hydrogen) atoms. The van der Waals surface area contributed by atoms with Gasteiger partial charge >= 0.3 is 5.97 Å². The fraction of sp³-hybridized carbons (Fsp3) is 0.750. The lowest BCUT2D eigenvalue weighted by molar-refractivity contribution is -0.142. The fourth-order valence-electron chi connectivity index (χ4n) is 2.90. The maximum Gasteiger partial charge on any atom is 0.319 e. The zero-order valence-corrected chi connectivity index (χ0v) is 14.3. The smallest absolute Gasteiger partial charge is 0.319 e. The first-order chi connectivity index (χ1) is 10.7. The zero-order chi connectivity index (χ0) is 15.9. The molecule has 6 heteroatoms. The molecule has 1 fully saturated rings. The zero-order valence-electron chi connectivity index (χ0n) is 13.5. The van der Waals surface area contributed by atoms with E-state index in [0.717, 1.165) is 17.4 Å². The SMILES string of the molecule is CCOC(=O)C(C)Sc1ncc(CO)n1CC1CCCCC1. The summed E-state index contributed by atoms with van der Waals surface area (Å²) in [5.41, 5.74) is 0.823. The van der Waals surface area contributed by atoms with E-state index in [4.69, 9.17) is 4.74 Å². The Kier molecular flexibility index (Phi) is 6.76. The van der Waals surface area contributed by atoms with Crippen LogP contribution in [0.3, 0.4) is 0 Å². The van der Waals surface area contributed by atoms with Gasteiger partial charge in [0.2, 0.25) is 0 Å². The molecule has 0 radical (unpaired) electrons. The Morgan fingerprint density at radius 3 is 2.86 bits per heavy atom. The van der Waals surface area contributed by atoms with Crippen molar-refractivity contribution in [3.63, 3.8) is 0 Å². The Labute approximate surface area is 136 Å². The molecular weight excluding hydrogens is 300 g/mol. The summed E-state index contributed by atoms with van der Waals surface area (Å²) in [5.74, 6) is 0.427. The van der Waals surface area contributed by atoms with Crippen molar-refractivity contribution in [2.75, 3.05) is 6.61 Å². The molecule has 5 nitrogen and oxygen atoms in total. The molecule has 1 saturated carbocycles. The van der Waals surface area contributed by atoms with Crippen LogP contribution < -0.4 is 0 Å². The van der Waals surface area contributed by atoms with Gasteiger partial charge in [0.05, 0.1) is 25.1 Å². The summed E-state index contributed by atoms with van der Waals surface area (Å²) in [6, 6.07) is 0. The van der Waals surface area contributed by atoms with Crippen molar-refractivity contribution < 1.29 is 14.6 Å². The monoisotopic (exact) mass is 326 g/mol. The summed E-state index contributed by atoms with van der Waals surface area (Å²) in [6.07, 6.45) is 8.09. The van der Waals surface area contributed by atoms with E-state index in [1.54, 1.807) is 6.20 Å². The number of hydrogen-bond donors (Lipinski definition) is 1. The van der Waals surface area contributed by atoms with Crippen LogP contribution in [-0.2, 0) is 22.7 Å². The number of aliphatic hydroxyl groups excluding tert-OH is 1. The lowest BCUT2D eigenvalue weighted by Gasteiger charge is -2.24. The van der Waals surface area contributed by atoms with Gasteiger partial charge in [-0.2, -0.15) is 0 Å². The Hall–Kier alpha value is -1.01. The third-order valence-corrected chi connectivity index (χ3v) is 5.21. The van der Waals surface area contributed by atoms with Crippen molar-refractivity contribution in [1.82, 2.24) is 9.55 Å². The van der Waals surface area contributed by atoms with Crippen molar-refractivity contribution in [2.24, 2.45) is 5.92 Å². The molecule has 0 saturated heterocycles. The highest BCUT2D eigenvalue weighted by Gasteiger charge is 2.22. The van der Waals surface area contributed by atoms with E-state index < -0.39 is 0 Å². The average Bonchev–Trinajstić information content (AvgIpc) is 2.90. The molecule has 1 atom stereocenters. The summed E-state index contributed by atoms with van der Waals surface area (Å²) in [7, 11) is 0. The Balaban J connectivity index is 2.07. The number of carbonyl (C=O) groups is 1. The third-order valence-electron chi connectivity index (χ3n) is 4.13. The molecular formula is C16H26N2O3S. The quantitative estimate of drug-likeness (QED) is 0.616. The van der Waals surface area contributed by atoms with Crippen LogP contribution in [0.25, 0.3) is 0 Å². The molecule has 1 aliphatic rings. The van der Waals surface area contributed by atoms with Crippen LogP contribution >= 0.6 is 11.8 Å². The molecule has 0 amide bonds. The van der Waals surface area contributed by atoms with Crippen LogP contribution in [-0.4, -0.2) is 32.5 Å². The Morgan fingerprint density at radius 2 is 2.23 bits per heavy atom. The molecule has 0 aromatic carbocycles. The van der Waals surface area contributed by atoms with Gasteiger partial charge in [-0.3, -0.25) is 4.79 Å². The highest BCUT2D eigenvalue weighted by Crippen LogP contribution is 2.29. The maximum atomic E-state index is 11.8. The van der Waals surface area contributed by atoms with E-state index in [-0.39, 0.29) is 17.8 Å². The predicted molar refractivity (Wildman–Crippen MR) is 86.7 cm³/mol. The normalized spacial score (nSPS) is 17.4. The molecule has 1 aliphatic carbocycles. The topological polar surface area (TPSA) is 64.3 Å². The molecule has 1 heterocycles. The van der Waals surface area contributed by atoms with Crippen molar-refractivity contribution in [2.45, 2.75) is 69.5 Å². The van der Waals surface area contributed by atoms with Crippen LogP contribution in [0.5, 0.6) is 0 Å². The van der Waals surface area contributed by atoms with E-state index in [1.165, 1.54) is 43.9 Å². The first-order valence-electron chi connectivity index (χ1n) is 8.14. The van der Waals surface area contributed by atoms with E-state index in [0.29, 0.717) is 12.5 Å². The van der Waals surface area contributed by atoms with Crippen molar-refractivity contribution >= 4 is 17.7 Å². The number of aromatic nitrogens is 2. The van der Waals surface area contributed by atoms with Crippen molar-refractivity contribution in [3.8, 4) is 0 Å². The number of hydrogen-bond acceptors (Lipinski definition) is 5. The van der Waals surface area contributed by atoms with E-state index in [1.807, 2.05) is 13.8 Å². The van der Waals surface area contributed by atoms with Crippen molar-refractivity contribution in [3.05, 3.63) is 11.9 Å². The summed E-state index contributed by atoms with van der Waals surface area (Å²) in [6.45, 7) is 4.90. The summed E-state index contributed by atoms with van der Waals surface area (Å²) >= 11 is 1.41. The molecule has 1 aromatic rings. The second-order valence-corrected chi connectivity index (χ2v) is 7.12. The summed E-state index contributed by atoms with van der Waals surface area (Å²) in [5, 5.41) is 10.0. The largest absolute Gasteiger partial charge is 0.465 e. The highest BCUT2D eigenvalue weighted by molar-refractivity contribution is 8.00. The van der Waals surface area contributed by atoms with Gasteiger partial charge in [0.1, 0.15) is 5.25 Å². The van der Waals surface area contributed by atoms with Gasteiger partial charge in [0, 0.05) is 6.54 Å². The van der Waals surface area contributed by atoms with Gasteiger partial charge in [0.25, 0.3) is 0 Å². The highest BCUT2D eigenvalue weighted by atomic mass is 32.2. The van der Waals surface area contributed by atoms with Gasteiger partial charge in [0.15, 0.2) is 5.16 Å². The van der Waals surface area contributed by atoms with Gasteiger partial charge in [-0.1, -0.05) is 31.0 Å². The van der Waals surface area contributed by atoms with Gasteiger partial charge in [-0.15, -0.1) is 0 Å². The van der Waals surface area contributed by atoms with E-state index in [9.17, 15) is 9.90 Å². The number of nitrogens with zero attached hydrogens (tertiary/aromatic N) is 2. The number of imidazole rings is 1. The maximum absolute atomic E-state index is 11.8. The minimum atomic E-state index is -0.293. The van der Waals surface area contributed by atoms with Crippen LogP contribution in [0.1, 0.15) is 51.6 Å². The van der Waals surface area contributed by atoms with Gasteiger partial charge in [-0.05, 0) is 32.6 Å². The third kappa shape index (κ3) is 4.49.